The average molecular weight is 499 g/mol. The first-order valence-corrected chi connectivity index (χ1v) is 13.5. The number of imidazole rings is 1. The number of sulfonamides is 1. The van der Waals surface area contributed by atoms with Crippen LogP contribution in [0.3, 0.4) is 0 Å². The first kappa shape index (κ1) is 26.4. The van der Waals surface area contributed by atoms with Gasteiger partial charge in [0.15, 0.2) is 0 Å². The Morgan fingerprint density at radius 2 is 1.66 bits per heavy atom. The lowest BCUT2D eigenvalue weighted by molar-refractivity contribution is -0.133. The molecule has 2 aliphatic heterocycles. The number of fused-ring (bicyclic) bond motifs is 8. The Labute approximate surface area is 208 Å². The Balaban J connectivity index is 0.000000815. The molecule has 0 spiro atoms. The second kappa shape index (κ2) is 11.5. The highest BCUT2D eigenvalue weighted by atomic mass is 32.2. The summed E-state index contributed by atoms with van der Waals surface area (Å²) in [6.07, 6.45) is 2.41. The van der Waals surface area contributed by atoms with Crippen LogP contribution < -0.4 is 4.74 Å². The van der Waals surface area contributed by atoms with E-state index in [1.807, 2.05) is 52.0 Å². The summed E-state index contributed by atoms with van der Waals surface area (Å²) in [5, 5.41) is 0. The van der Waals surface area contributed by atoms with E-state index in [9.17, 15) is 13.2 Å². The molecule has 4 bridgehead atoms. The molecule has 0 radical (unpaired) electrons. The van der Waals surface area contributed by atoms with Gasteiger partial charge in [-0.05, 0) is 29.8 Å². The van der Waals surface area contributed by atoms with Gasteiger partial charge in [0, 0.05) is 44.7 Å². The molecule has 1 amide bonds. The maximum atomic E-state index is 13.2. The lowest BCUT2D eigenvalue weighted by Gasteiger charge is -2.36. The van der Waals surface area contributed by atoms with Gasteiger partial charge in [-0.25, -0.2) is 17.7 Å². The lowest BCUT2D eigenvalue weighted by atomic mass is 9.95. The van der Waals surface area contributed by atoms with Gasteiger partial charge in [-0.1, -0.05) is 45.9 Å². The fourth-order valence-corrected chi connectivity index (χ4v) is 5.37. The van der Waals surface area contributed by atoms with Gasteiger partial charge in [-0.3, -0.25) is 4.79 Å². The maximum Gasteiger partial charge on any atom is 0.242 e. The highest BCUT2D eigenvalue weighted by molar-refractivity contribution is 7.89. The SMILES string of the molecule is CC.CC.CN1CCC(=O)N2CCc3[nH]cnc3C2c2cccc(c2)Oc2cccc(c2)S1(=O)=O. The Kier molecular flexibility index (Phi) is 8.69. The molecule has 0 fully saturated rings. The van der Waals surface area contributed by atoms with Crippen LogP contribution in [0.2, 0.25) is 0 Å². The third-order valence-corrected chi connectivity index (χ3v) is 7.66. The molecular weight excluding hydrogens is 464 g/mol. The van der Waals surface area contributed by atoms with Crippen LogP contribution in [0.25, 0.3) is 0 Å². The minimum atomic E-state index is -3.75. The Morgan fingerprint density at radius 3 is 2.40 bits per heavy atom. The van der Waals surface area contributed by atoms with Gasteiger partial charge in [-0.15, -0.1) is 0 Å². The Morgan fingerprint density at radius 1 is 0.971 bits per heavy atom. The van der Waals surface area contributed by atoms with E-state index in [-0.39, 0.29) is 29.8 Å². The number of carbonyl (C=O) groups excluding carboxylic acids is 1. The van der Waals surface area contributed by atoms with Crippen molar-refractivity contribution in [3.05, 3.63) is 71.8 Å². The van der Waals surface area contributed by atoms with Crippen molar-refractivity contribution in [2.75, 3.05) is 20.1 Å². The zero-order valence-corrected chi connectivity index (χ0v) is 21.8. The second-order valence-corrected chi connectivity index (χ2v) is 9.78. The first-order valence-electron chi connectivity index (χ1n) is 12.1. The lowest BCUT2D eigenvalue weighted by Crippen LogP contribution is -2.42. The summed E-state index contributed by atoms with van der Waals surface area (Å²) in [6, 6.07) is 13.6. The zero-order chi connectivity index (χ0) is 25.6. The molecule has 3 aromatic rings. The number of aromatic nitrogens is 2. The number of aromatic amines is 1. The smallest absolute Gasteiger partial charge is 0.242 e. The molecule has 1 N–H and O–H groups in total. The van der Waals surface area contributed by atoms with Crippen molar-refractivity contribution < 1.29 is 17.9 Å². The van der Waals surface area contributed by atoms with Gasteiger partial charge in [0.1, 0.15) is 17.5 Å². The van der Waals surface area contributed by atoms with E-state index in [0.717, 1.165) is 17.0 Å². The van der Waals surface area contributed by atoms with E-state index >= 15 is 0 Å². The molecule has 1 atom stereocenters. The van der Waals surface area contributed by atoms with Crippen LogP contribution in [-0.4, -0.2) is 53.6 Å². The average Bonchev–Trinajstić information content (AvgIpc) is 3.37. The zero-order valence-electron chi connectivity index (χ0n) is 21.0. The van der Waals surface area contributed by atoms with Crippen molar-refractivity contribution in [1.29, 1.82) is 0 Å². The molecule has 3 heterocycles. The quantitative estimate of drug-likeness (QED) is 0.482. The fourth-order valence-electron chi connectivity index (χ4n) is 4.16. The first-order chi connectivity index (χ1) is 16.9. The Hall–Kier alpha value is -3.17. The molecule has 2 aliphatic rings. The van der Waals surface area contributed by atoms with Crippen LogP contribution in [0.5, 0.6) is 11.5 Å². The topological polar surface area (TPSA) is 95.6 Å². The summed E-state index contributed by atoms with van der Waals surface area (Å²) in [5.74, 6) is 0.881. The molecule has 1 aromatic heterocycles. The molecule has 2 aromatic carbocycles. The largest absolute Gasteiger partial charge is 0.457 e. The second-order valence-electron chi connectivity index (χ2n) is 7.73. The molecule has 188 valence electrons. The molecule has 9 heteroatoms. The highest BCUT2D eigenvalue weighted by Gasteiger charge is 2.34. The van der Waals surface area contributed by atoms with Crippen molar-refractivity contribution in [2.45, 2.75) is 51.5 Å². The number of H-pyrrole nitrogens is 1. The van der Waals surface area contributed by atoms with Crippen LogP contribution in [-0.2, 0) is 21.2 Å². The summed E-state index contributed by atoms with van der Waals surface area (Å²) in [7, 11) is -2.26. The van der Waals surface area contributed by atoms with Gasteiger partial charge in [0.2, 0.25) is 15.9 Å². The summed E-state index contributed by atoms with van der Waals surface area (Å²) in [6.45, 7) is 8.61. The fraction of sp³-hybridized carbons (Fsp3) is 0.385. The van der Waals surface area contributed by atoms with Gasteiger partial charge in [0.05, 0.1) is 16.9 Å². The number of nitrogens with one attached hydrogen (secondary N) is 1. The van der Waals surface area contributed by atoms with Gasteiger partial charge in [-0.2, -0.15) is 0 Å². The number of amides is 1. The van der Waals surface area contributed by atoms with E-state index < -0.39 is 10.0 Å². The van der Waals surface area contributed by atoms with E-state index in [1.54, 1.807) is 23.4 Å². The number of rotatable bonds is 0. The third-order valence-electron chi connectivity index (χ3n) is 5.81. The highest BCUT2D eigenvalue weighted by Crippen LogP contribution is 2.36. The van der Waals surface area contributed by atoms with Crippen LogP contribution in [0.1, 0.15) is 57.1 Å². The van der Waals surface area contributed by atoms with E-state index in [4.69, 9.17) is 4.74 Å². The van der Waals surface area contributed by atoms with Gasteiger partial charge >= 0.3 is 0 Å². The minimum absolute atomic E-state index is 0.0852. The number of hydrogen-bond donors (Lipinski definition) is 1. The summed E-state index contributed by atoms with van der Waals surface area (Å²) >= 11 is 0. The van der Waals surface area contributed by atoms with Gasteiger partial charge in [0.25, 0.3) is 0 Å². The van der Waals surface area contributed by atoms with E-state index in [1.165, 1.54) is 23.5 Å². The van der Waals surface area contributed by atoms with Gasteiger partial charge < -0.3 is 14.6 Å². The Bertz CT molecular complexity index is 1260. The normalized spacial score (nSPS) is 18.8. The van der Waals surface area contributed by atoms with Crippen molar-refractivity contribution in [2.24, 2.45) is 0 Å². The maximum absolute atomic E-state index is 13.2. The van der Waals surface area contributed by atoms with Crippen LogP contribution in [0, 0.1) is 0 Å². The van der Waals surface area contributed by atoms with Crippen molar-refractivity contribution in [3.8, 4) is 11.5 Å². The molecule has 0 saturated carbocycles. The van der Waals surface area contributed by atoms with Crippen molar-refractivity contribution in [3.63, 3.8) is 0 Å². The van der Waals surface area contributed by atoms with Crippen molar-refractivity contribution >= 4 is 15.9 Å². The predicted molar refractivity (Wildman–Crippen MR) is 136 cm³/mol. The predicted octanol–water partition coefficient (Wildman–Crippen LogP) is 4.75. The van der Waals surface area contributed by atoms with Crippen LogP contribution in [0.15, 0.2) is 59.8 Å². The van der Waals surface area contributed by atoms with Crippen LogP contribution in [0.4, 0.5) is 0 Å². The summed E-state index contributed by atoms with van der Waals surface area (Å²) in [5.41, 5.74) is 2.72. The number of carbonyl (C=O) groups is 1. The minimum Gasteiger partial charge on any atom is -0.457 e. The number of ether oxygens (including phenoxy) is 1. The summed E-state index contributed by atoms with van der Waals surface area (Å²) in [4.78, 5) is 22.8. The molecule has 0 saturated heterocycles. The number of benzene rings is 2. The molecule has 5 rings (SSSR count). The van der Waals surface area contributed by atoms with E-state index in [0.29, 0.717) is 24.5 Å². The summed E-state index contributed by atoms with van der Waals surface area (Å²) < 4.78 is 33.2. The monoisotopic (exact) mass is 498 g/mol. The number of nitrogens with zero attached hydrogens (tertiary/aromatic N) is 3. The third kappa shape index (κ3) is 5.41. The van der Waals surface area contributed by atoms with E-state index in [2.05, 4.69) is 9.97 Å². The van der Waals surface area contributed by atoms with Crippen LogP contribution >= 0.6 is 0 Å². The number of hydrogen-bond acceptors (Lipinski definition) is 5. The molecule has 1 unspecified atom stereocenters. The molecule has 35 heavy (non-hydrogen) atoms. The molecule has 0 aliphatic carbocycles. The standard InChI is InChI=1S/C22H22N4O4S.2C2H6/c1-25-10-9-20(27)26-11-8-19-21(24-14-23-19)22(26)15-4-2-5-16(12-15)30-17-6-3-7-18(13-17)31(25,28)29;2*1-2/h2-7,12-14,22H,8-11H2,1H3,(H,23,24);2*1-2H3. The van der Waals surface area contributed by atoms with Crippen molar-refractivity contribution in [1.82, 2.24) is 19.2 Å². The molecular formula is C26H34N4O4S. The molecule has 8 nitrogen and oxygen atoms in total.